The van der Waals surface area contributed by atoms with Gasteiger partial charge in [0.15, 0.2) is 0 Å². The number of halogens is 4. The summed E-state index contributed by atoms with van der Waals surface area (Å²) in [5.41, 5.74) is -0.152. The van der Waals surface area contributed by atoms with Crippen molar-refractivity contribution in [3.8, 4) is 5.75 Å². The lowest BCUT2D eigenvalue weighted by Gasteiger charge is -2.19. The van der Waals surface area contributed by atoms with Gasteiger partial charge in [0.05, 0.1) is 12.2 Å². The number of ether oxygens (including phenoxy) is 1. The first kappa shape index (κ1) is 14.9. The van der Waals surface area contributed by atoms with Crippen LogP contribution in [0.5, 0.6) is 5.75 Å². The molecule has 0 bridgehead atoms. The zero-order valence-electron chi connectivity index (χ0n) is 10.4. The van der Waals surface area contributed by atoms with E-state index >= 15 is 0 Å². The Morgan fingerprint density at radius 3 is 2.35 bits per heavy atom. The first-order chi connectivity index (χ1) is 9.40. The van der Waals surface area contributed by atoms with Crippen molar-refractivity contribution in [1.29, 1.82) is 0 Å². The standard InChI is InChI=1S/C14H12ClF3O2/c15-13-6-5-11(7-12(13)14(16,17)18)20-10-3-1-9(8-19)2-4-10/h1-4,7,19H,5-6,8H2. The minimum Gasteiger partial charge on any atom is -0.462 e. The van der Waals surface area contributed by atoms with Gasteiger partial charge in [-0.2, -0.15) is 13.2 Å². The molecule has 1 aromatic rings. The topological polar surface area (TPSA) is 29.5 Å². The molecule has 20 heavy (non-hydrogen) atoms. The summed E-state index contributed by atoms with van der Waals surface area (Å²) in [5, 5.41) is 8.71. The van der Waals surface area contributed by atoms with Crippen LogP contribution in [0.2, 0.25) is 0 Å². The predicted octanol–water partition coefficient (Wildman–Crippen LogP) is 4.29. The first-order valence-corrected chi connectivity index (χ1v) is 6.32. The van der Waals surface area contributed by atoms with E-state index in [0.717, 1.165) is 6.08 Å². The van der Waals surface area contributed by atoms with E-state index in [9.17, 15) is 13.2 Å². The van der Waals surface area contributed by atoms with Gasteiger partial charge in [0, 0.05) is 11.5 Å². The molecular weight excluding hydrogens is 293 g/mol. The zero-order chi connectivity index (χ0) is 14.8. The fourth-order valence-electron chi connectivity index (χ4n) is 1.81. The Balaban J connectivity index is 2.17. The van der Waals surface area contributed by atoms with Crippen molar-refractivity contribution >= 4 is 11.6 Å². The van der Waals surface area contributed by atoms with E-state index in [2.05, 4.69) is 0 Å². The molecule has 0 radical (unpaired) electrons. The molecule has 0 heterocycles. The van der Waals surface area contributed by atoms with Gasteiger partial charge < -0.3 is 9.84 Å². The molecule has 1 aliphatic rings. The average Bonchev–Trinajstić information content (AvgIpc) is 2.40. The molecule has 0 saturated carbocycles. The fraction of sp³-hybridized carbons (Fsp3) is 0.286. The third kappa shape index (κ3) is 3.55. The maximum absolute atomic E-state index is 12.7. The van der Waals surface area contributed by atoms with Crippen molar-refractivity contribution < 1.29 is 23.0 Å². The Hall–Kier alpha value is -1.46. The number of hydrogen-bond acceptors (Lipinski definition) is 2. The molecule has 0 saturated heterocycles. The van der Waals surface area contributed by atoms with Crippen LogP contribution in [0, 0.1) is 0 Å². The Morgan fingerprint density at radius 1 is 1.15 bits per heavy atom. The lowest BCUT2D eigenvalue weighted by molar-refractivity contribution is -0.0892. The molecule has 0 spiro atoms. The number of hydrogen-bond donors (Lipinski definition) is 1. The van der Waals surface area contributed by atoms with Crippen LogP contribution in [0.25, 0.3) is 0 Å². The van der Waals surface area contributed by atoms with Crippen LogP contribution in [0.4, 0.5) is 13.2 Å². The van der Waals surface area contributed by atoms with Crippen molar-refractivity contribution in [1.82, 2.24) is 0 Å². The second kappa shape index (κ2) is 5.89. The van der Waals surface area contributed by atoms with E-state index in [1.807, 2.05) is 0 Å². The van der Waals surface area contributed by atoms with Gasteiger partial charge in [0.25, 0.3) is 0 Å². The van der Waals surface area contributed by atoms with Crippen LogP contribution < -0.4 is 4.74 Å². The lowest BCUT2D eigenvalue weighted by Crippen LogP contribution is -2.15. The van der Waals surface area contributed by atoms with Gasteiger partial charge in [-0.15, -0.1) is 0 Å². The van der Waals surface area contributed by atoms with E-state index in [-0.39, 0.29) is 23.8 Å². The third-order valence-corrected chi connectivity index (χ3v) is 3.24. The van der Waals surface area contributed by atoms with E-state index in [1.54, 1.807) is 24.3 Å². The number of rotatable bonds is 3. The van der Waals surface area contributed by atoms with Gasteiger partial charge in [-0.25, -0.2) is 0 Å². The van der Waals surface area contributed by atoms with Crippen molar-refractivity contribution in [2.75, 3.05) is 0 Å². The van der Waals surface area contributed by atoms with Gasteiger partial charge in [0.2, 0.25) is 0 Å². The summed E-state index contributed by atoms with van der Waals surface area (Å²) < 4.78 is 43.6. The monoisotopic (exact) mass is 304 g/mol. The molecule has 1 aromatic carbocycles. The van der Waals surface area contributed by atoms with Crippen LogP contribution in [0.1, 0.15) is 18.4 Å². The molecule has 6 heteroatoms. The first-order valence-electron chi connectivity index (χ1n) is 5.94. The number of aliphatic hydroxyl groups excluding tert-OH is 1. The zero-order valence-corrected chi connectivity index (χ0v) is 11.1. The second-order valence-corrected chi connectivity index (χ2v) is 4.79. The summed E-state index contributed by atoms with van der Waals surface area (Å²) in [7, 11) is 0. The van der Waals surface area contributed by atoms with Crippen LogP contribution in [-0.4, -0.2) is 11.3 Å². The molecule has 1 aliphatic carbocycles. The molecule has 108 valence electrons. The van der Waals surface area contributed by atoms with Crippen LogP contribution >= 0.6 is 11.6 Å². The molecular formula is C14H12ClF3O2. The predicted molar refractivity (Wildman–Crippen MR) is 69.2 cm³/mol. The van der Waals surface area contributed by atoms with E-state index in [0.29, 0.717) is 17.7 Å². The molecule has 0 aromatic heterocycles. The highest BCUT2D eigenvalue weighted by atomic mass is 35.5. The Bertz CT molecular complexity index is 545. The van der Waals surface area contributed by atoms with Crippen molar-refractivity contribution in [3.63, 3.8) is 0 Å². The molecule has 2 rings (SSSR count). The Labute approximate surface area is 119 Å². The highest BCUT2D eigenvalue weighted by molar-refractivity contribution is 6.30. The third-order valence-electron chi connectivity index (χ3n) is 2.85. The smallest absolute Gasteiger partial charge is 0.417 e. The highest BCUT2D eigenvalue weighted by Gasteiger charge is 2.36. The van der Waals surface area contributed by atoms with Gasteiger partial charge in [-0.3, -0.25) is 0 Å². The van der Waals surface area contributed by atoms with E-state index in [4.69, 9.17) is 21.4 Å². The molecule has 0 fully saturated rings. The van der Waals surface area contributed by atoms with E-state index < -0.39 is 11.7 Å². The van der Waals surface area contributed by atoms with Gasteiger partial charge in [-0.05, 0) is 30.2 Å². The number of alkyl halides is 3. The summed E-state index contributed by atoms with van der Waals surface area (Å²) in [6.07, 6.45) is -3.12. The average molecular weight is 305 g/mol. The second-order valence-electron chi connectivity index (χ2n) is 4.33. The largest absolute Gasteiger partial charge is 0.462 e. The Kier molecular flexibility index (Phi) is 4.40. The number of allylic oxidation sites excluding steroid dienone is 4. The highest BCUT2D eigenvalue weighted by Crippen LogP contribution is 2.37. The molecule has 0 atom stereocenters. The minimum atomic E-state index is -4.48. The van der Waals surface area contributed by atoms with Crippen molar-refractivity contribution in [3.05, 3.63) is 52.3 Å². The quantitative estimate of drug-likeness (QED) is 0.902. The maximum atomic E-state index is 12.7. The van der Waals surface area contributed by atoms with Crippen LogP contribution in [-0.2, 0) is 6.61 Å². The summed E-state index contributed by atoms with van der Waals surface area (Å²) in [6.45, 7) is -0.0977. The minimum absolute atomic E-state index is 0.0977. The van der Waals surface area contributed by atoms with Gasteiger partial charge >= 0.3 is 6.18 Å². The summed E-state index contributed by atoms with van der Waals surface area (Å²) in [5.74, 6) is 0.645. The number of aliphatic hydroxyl groups is 1. The van der Waals surface area contributed by atoms with Crippen molar-refractivity contribution in [2.24, 2.45) is 0 Å². The summed E-state index contributed by atoms with van der Waals surface area (Å²) >= 11 is 5.61. The summed E-state index contributed by atoms with van der Waals surface area (Å²) in [6, 6.07) is 6.48. The number of benzene rings is 1. The molecule has 2 nitrogen and oxygen atoms in total. The molecule has 0 unspecified atom stereocenters. The Morgan fingerprint density at radius 2 is 1.80 bits per heavy atom. The molecule has 0 aliphatic heterocycles. The van der Waals surface area contributed by atoms with Crippen molar-refractivity contribution in [2.45, 2.75) is 25.6 Å². The van der Waals surface area contributed by atoms with Gasteiger partial charge in [0.1, 0.15) is 11.5 Å². The summed E-state index contributed by atoms with van der Waals surface area (Å²) in [4.78, 5) is 0. The van der Waals surface area contributed by atoms with E-state index in [1.165, 1.54) is 0 Å². The van der Waals surface area contributed by atoms with Crippen LogP contribution in [0.3, 0.4) is 0 Å². The van der Waals surface area contributed by atoms with Crippen LogP contribution in [0.15, 0.2) is 46.7 Å². The maximum Gasteiger partial charge on any atom is 0.417 e. The van der Waals surface area contributed by atoms with Gasteiger partial charge in [-0.1, -0.05) is 23.7 Å². The lowest BCUT2D eigenvalue weighted by atomic mass is 10.0. The normalized spacial score (nSPS) is 16.1. The molecule has 1 N–H and O–H groups in total. The fourth-order valence-corrected chi connectivity index (χ4v) is 2.07. The SMILES string of the molecule is OCc1ccc(OC2=CC(C(F)(F)F)=C(Cl)CC2)cc1. The molecule has 0 amide bonds.